The number of carbonyl (C=O) groups is 1. The van der Waals surface area contributed by atoms with Crippen molar-refractivity contribution in [2.75, 3.05) is 19.7 Å². The number of nitriles is 1. The SMILES string of the molecule is CCOC(=O)C12CCC(NCC(O)N3C[C@@H](F)C[C@H]3C#N)(CC1)CC2. The van der Waals surface area contributed by atoms with E-state index in [9.17, 15) is 14.3 Å². The van der Waals surface area contributed by atoms with Gasteiger partial charge in [-0.2, -0.15) is 5.26 Å². The number of carbonyl (C=O) groups excluding carboxylic acids is 1. The molecule has 0 aromatic rings. The summed E-state index contributed by atoms with van der Waals surface area (Å²) in [5.74, 6) is -0.0637. The van der Waals surface area contributed by atoms with Gasteiger partial charge in [-0.05, 0) is 45.4 Å². The van der Waals surface area contributed by atoms with Gasteiger partial charge >= 0.3 is 5.97 Å². The lowest BCUT2D eigenvalue weighted by molar-refractivity contribution is -0.163. The fourth-order valence-corrected chi connectivity index (χ4v) is 4.73. The van der Waals surface area contributed by atoms with Gasteiger partial charge in [0.1, 0.15) is 18.4 Å². The number of fused-ring (bicyclic) bond motifs is 3. The molecule has 1 aliphatic heterocycles. The summed E-state index contributed by atoms with van der Waals surface area (Å²) in [5.41, 5.74) is -0.382. The van der Waals surface area contributed by atoms with Crippen molar-refractivity contribution in [2.45, 2.75) is 75.8 Å². The lowest BCUT2D eigenvalue weighted by atomic mass is 9.57. The number of hydrogen-bond acceptors (Lipinski definition) is 6. The molecule has 1 unspecified atom stereocenters. The number of rotatable bonds is 6. The van der Waals surface area contributed by atoms with Crippen LogP contribution in [0.4, 0.5) is 4.39 Å². The van der Waals surface area contributed by atoms with E-state index in [-0.39, 0.29) is 29.9 Å². The Morgan fingerprint density at radius 1 is 1.40 bits per heavy atom. The van der Waals surface area contributed by atoms with Crippen LogP contribution in [0, 0.1) is 16.7 Å². The van der Waals surface area contributed by atoms with Crippen LogP contribution in [0.1, 0.15) is 51.9 Å². The van der Waals surface area contributed by atoms with Crippen molar-refractivity contribution in [1.82, 2.24) is 10.2 Å². The number of ether oxygens (including phenoxy) is 1. The Morgan fingerprint density at radius 3 is 2.60 bits per heavy atom. The number of esters is 1. The molecular weight excluding hydrogens is 325 g/mol. The molecule has 2 N–H and O–H groups in total. The third-order valence-electron chi connectivity index (χ3n) is 6.43. The molecule has 1 heterocycles. The quantitative estimate of drug-likeness (QED) is 0.704. The molecule has 0 amide bonds. The van der Waals surface area contributed by atoms with Gasteiger partial charge in [-0.25, -0.2) is 4.39 Å². The van der Waals surface area contributed by atoms with Crippen molar-refractivity contribution >= 4 is 5.97 Å². The summed E-state index contributed by atoms with van der Waals surface area (Å²) in [4.78, 5) is 13.8. The summed E-state index contributed by atoms with van der Waals surface area (Å²) >= 11 is 0. The van der Waals surface area contributed by atoms with Gasteiger partial charge in [-0.1, -0.05) is 0 Å². The molecule has 4 rings (SSSR count). The molecule has 6 nitrogen and oxygen atoms in total. The number of nitrogens with one attached hydrogen (secondary N) is 1. The number of alkyl halides is 1. The maximum atomic E-state index is 13.5. The second kappa shape index (κ2) is 7.18. The number of likely N-dealkylation sites (tertiary alicyclic amines) is 1. The monoisotopic (exact) mass is 353 g/mol. The zero-order valence-electron chi connectivity index (χ0n) is 14.8. The number of hydrogen-bond donors (Lipinski definition) is 2. The Morgan fingerprint density at radius 2 is 2.04 bits per heavy atom. The Labute approximate surface area is 148 Å². The summed E-state index contributed by atoms with van der Waals surface area (Å²) in [7, 11) is 0. The van der Waals surface area contributed by atoms with Gasteiger partial charge < -0.3 is 15.2 Å². The van der Waals surface area contributed by atoms with Crippen LogP contribution in [0.2, 0.25) is 0 Å². The van der Waals surface area contributed by atoms with Crippen LogP contribution in [0.15, 0.2) is 0 Å². The van der Waals surface area contributed by atoms with Gasteiger partial charge in [0, 0.05) is 25.0 Å². The number of β-amino-alcohol motifs (C(OH)–C–C–N with tert-alkyl or cyclic N) is 1. The number of halogens is 1. The third-order valence-corrected chi connectivity index (χ3v) is 6.43. The molecule has 0 radical (unpaired) electrons. The summed E-state index contributed by atoms with van der Waals surface area (Å²) < 4.78 is 18.8. The van der Waals surface area contributed by atoms with Crippen molar-refractivity contribution in [2.24, 2.45) is 5.41 Å². The summed E-state index contributed by atoms with van der Waals surface area (Å²) in [6.07, 6.45) is 3.33. The van der Waals surface area contributed by atoms with Gasteiger partial charge in [0.2, 0.25) is 0 Å². The highest BCUT2D eigenvalue weighted by atomic mass is 19.1. The molecule has 0 spiro atoms. The lowest BCUT2D eigenvalue weighted by Gasteiger charge is -2.52. The van der Waals surface area contributed by atoms with Crippen molar-refractivity contribution in [3.05, 3.63) is 0 Å². The molecule has 3 saturated carbocycles. The fraction of sp³-hybridized carbons (Fsp3) is 0.889. The van der Waals surface area contributed by atoms with Crippen LogP contribution >= 0.6 is 0 Å². The maximum Gasteiger partial charge on any atom is 0.312 e. The number of aliphatic hydroxyl groups excluding tert-OH is 1. The van der Waals surface area contributed by atoms with Crippen molar-refractivity contribution in [3.63, 3.8) is 0 Å². The van der Waals surface area contributed by atoms with Gasteiger partial charge in [0.15, 0.2) is 0 Å². The largest absolute Gasteiger partial charge is 0.466 e. The summed E-state index contributed by atoms with van der Waals surface area (Å²) in [5, 5.41) is 23.0. The van der Waals surface area contributed by atoms with Crippen molar-refractivity contribution in [1.29, 1.82) is 5.26 Å². The van der Waals surface area contributed by atoms with Crippen molar-refractivity contribution in [3.8, 4) is 6.07 Å². The van der Waals surface area contributed by atoms with Crippen LogP contribution < -0.4 is 5.32 Å². The highest BCUT2D eigenvalue weighted by Crippen LogP contribution is 2.52. The van der Waals surface area contributed by atoms with Crippen LogP contribution in [0.25, 0.3) is 0 Å². The molecule has 140 valence electrons. The van der Waals surface area contributed by atoms with E-state index in [1.807, 2.05) is 6.92 Å². The van der Waals surface area contributed by atoms with E-state index in [0.29, 0.717) is 13.2 Å². The van der Waals surface area contributed by atoms with E-state index in [1.54, 1.807) is 4.90 Å². The van der Waals surface area contributed by atoms with E-state index in [2.05, 4.69) is 11.4 Å². The van der Waals surface area contributed by atoms with Gasteiger partial charge in [-0.15, -0.1) is 0 Å². The first-order chi connectivity index (χ1) is 11.9. The zero-order chi connectivity index (χ0) is 18.1. The molecule has 3 atom stereocenters. The first-order valence-electron chi connectivity index (χ1n) is 9.33. The van der Waals surface area contributed by atoms with Crippen molar-refractivity contribution < 1.29 is 19.0 Å². The second-order valence-electron chi connectivity index (χ2n) is 7.82. The van der Waals surface area contributed by atoms with E-state index >= 15 is 0 Å². The summed E-state index contributed by atoms with van der Waals surface area (Å²) in [6, 6.07) is 1.51. The molecule has 4 fully saturated rings. The highest BCUT2D eigenvalue weighted by Gasteiger charge is 2.53. The third kappa shape index (κ3) is 3.53. The van der Waals surface area contributed by atoms with E-state index in [0.717, 1.165) is 38.5 Å². The molecule has 4 aliphatic rings. The molecule has 0 aromatic heterocycles. The molecule has 25 heavy (non-hydrogen) atoms. The molecule has 3 aliphatic carbocycles. The van der Waals surface area contributed by atoms with E-state index in [4.69, 9.17) is 10.00 Å². The normalized spacial score (nSPS) is 39.1. The Hall–Kier alpha value is -1.23. The minimum Gasteiger partial charge on any atom is -0.466 e. The zero-order valence-corrected chi connectivity index (χ0v) is 14.8. The maximum absolute atomic E-state index is 13.5. The highest BCUT2D eigenvalue weighted by molar-refractivity contribution is 5.77. The van der Waals surface area contributed by atoms with Gasteiger partial charge in [-0.3, -0.25) is 9.69 Å². The van der Waals surface area contributed by atoms with Gasteiger partial charge in [0.25, 0.3) is 0 Å². The molecule has 2 bridgehead atoms. The topological polar surface area (TPSA) is 85.6 Å². The molecular formula is C18H28FN3O3. The van der Waals surface area contributed by atoms with Crippen LogP contribution in [-0.4, -0.2) is 59.7 Å². The smallest absolute Gasteiger partial charge is 0.312 e. The van der Waals surface area contributed by atoms with E-state index < -0.39 is 18.4 Å². The minimum atomic E-state index is -1.05. The Bertz CT molecular complexity index is 526. The summed E-state index contributed by atoms with van der Waals surface area (Å²) in [6.45, 7) is 2.68. The average Bonchev–Trinajstić information content (AvgIpc) is 3.02. The lowest BCUT2D eigenvalue weighted by Crippen LogP contribution is -2.59. The second-order valence-corrected chi connectivity index (χ2v) is 7.82. The van der Waals surface area contributed by atoms with Gasteiger partial charge in [0.05, 0.1) is 18.1 Å². The molecule has 1 saturated heterocycles. The predicted octanol–water partition coefficient (Wildman–Crippen LogP) is 1.49. The number of aliphatic hydroxyl groups is 1. The van der Waals surface area contributed by atoms with Crippen LogP contribution in [0.5, 0.6) is 0 Å². The minimum absolute atomic E-state index is 0.0633. The predicted molar refractivity (Wildman–Crippen MR) is 89.1 cm³/mol. The number of nitrogens with zero attached hydrogens (tertiary/aromatic N) is 2. The fourth-order valence-electron chi connectivity index (χ4n) is 4.73. The molecule has 0 aromatic carbocycles. The molecule has 7 heteroatoms. The average molecular weight is 353 g/mol. The Kier molecular flexibility index (Phi) is 5.33. The van der Waals surface area contributed by atoms with Crippen LogP contribution in [0.3, 0.4) is 0 Å². The van der Waals surface area contributed by atoms with Crippen LogP contribution in [-0.2, 0) is 9.53 Å². The Balaban J connectivity index is 1.54. The first-order valence-corrected chi connectivity index (χ1v) is 9.33. The first kappa shape index (κ1) is 18.6. The van der Waals surface area contributed by atoms with E-state index in [1.165, 1.54) is 0 Å². The standard InChI is InChI=1S/C18H28FN3O3/c1-2-25-16(24)17-3-6-18(7-4-17,8-5-17)21-11-15(23)22-12-13(19)9-14(22)10-20/h13-15,21,23H,2-9,11-12H2,1H3/t13-,14-,15?,17?,18?/m0/s1.